The molecule has 0 aliphatic heterocycles. The van der Waals surface area contributed by atoms with Gasteiger partial charge in [-0.3, -0.25) is 9.00 Å². The van der Waals surface area contributed by atoms with Gasteiger partial charge in [-0.1, -0.05) is 0 Å². The summed E-state index contributed by atoms with van der Waals surface area (Å²) >= 11 is 5.50. The van der Waals surface area contributed by atoms with E-state index in [1.807, 2.05) is 25.1 Å². The maximum absolute atomic E-state index is 11.9. The zero-order valence-corrected chi connectivity index (χ0v) is 14.1. The van der Waals surface area contributed by atoms with Crippen LogP contribution in [0.2, 0.25) is 0 Å². The van der Waals surface area contributed by atoms with E-state index in [-0.39, 0.29) is 11.2 Å². The van der Waals surface area contributed by atoms with Crippen molar-refractivity contribution in [2.45, 2.75) is 12.2 Å². The number of rotatable bonds is 4. The van der Waals surface area contributed by atoms with Crippen LogP contribution in [0.1, 0.15) is 17.3 Å². The summed E-state index contributed by atoms with van der Waals surface area (Å²) < 4.78 is 12.9. The van der Waals surface area contributed by atoms with E-state index in [4.69, 9.17) is 0 Å². The third-order valence-corrected chi connectivity index (χ3v) is 4.95. The molecule has 1 N–H and O–H groups in total. The molecule has 0 heterocycles. The number of halogens is 2. The Hall–Kier alpha value is 0.0500. The summed E-state index contributed by atoms with van der Waals surface area (Å²) in [5, 5.41) is 2.74. The van der Waals surface area contributed by atoms with Crippen molar-refractivity contribution in [2.24, 2.45) is 0 Å². The number of carbonyl (C=O) groups excluding carboxylic acids is 1. The fraction of sp³-hybridized carbons (Fsp3) is 0.364. The number of nitrogens with one attached hydrogen (secondary N) is 1. The highest BCUT2D eigenvalue weighted by molar-refractivity contribution is 14.1. The van der Waals surface area contributed by atoms with E-state index >= 15 is 0 Å². The van der Waals surface area contributed by atoms with Gasteiger partial charge >= 0.3 is 0 Å². The van der Waals surface area contributed by atoms with Gasteiger partial charge in [-0.05, 0) is 63.6 Å². The molecule has 0 saturated heterocycles. The smallest absolute Gasteiger partial charge is 0.252 e. The van der Waals surface area contributed by atoms with Crippen molar-refractivity contribution in [1.29, 1.82) is 0 Å². The van der Waals surface area contributed by atoms with Gasteiger partial charge in [0.1, 0.15) is 0 Å². The first-order chi connectivity index (χ1) is 7.91. The van der Waals surface area contributed by atoms with E-state index in [2.05, 4.69) is 43.8 Å². The molecule has 0 aliphatic carbocycles. The van der Waals surface area contributed by atoms with Gasteiger partial charge in [-0.2, -0.15) is 0 Å². The van der Waals surface area contributed by atoms with Gasteiger partial charge in [0.15, 0.2) is 0 Å². The number of hydrogen-bond acceptors (Lipinski definition) is 2. The molecule has 0 aliphatic rings. The lowest BCUT2D eigenvalue weighted by Gasteiger charge is -2.11. The van der Waals surface area contributed by atoms with Crippen LogP contribution in [0.4, 0.5) is 0 Å². The Kier molecular flexibility index (Phi) is 6.08. The van der Waals surface area contributed by atoms with E-state index in [1.54, 1.807) is 6.26 Å². The molecule has 6 heteroatoms. The van der Waals surface area contributed by atoms with Gasteiger partial charge in [-0.15, -0.1) is 0 Å². The molecule has 0 aromatic heterocycles. The van der Waals surface area contributed by atoms with Crippen molar-refractivity contribution < 1.29 is 9.00 Å². The molecule has 1 amide bonds. The molecule has 2 unspecified atom stereocenters. The summed E-state index contributed by atoms with van der Waals surface area (Å²) in [4.78, 5) is 11.9. The first-order valence-corrected chi connectivity index (χ1v) is 8.46. The predicted octanol–water partition coefficient (Wildman–Crippen LogP) is 2.55. The van der Waals surface area contributed by atoms with Crippen LogP contribution in [0.3, 0.4) is 0 Å². The van der Waals surface area contributed by atoms with Crippen LogP contribution in [-0.2, 0) is 10.8 Å². The fourth-order valence-corrected chi connectivity index (χ4v) is 2.36. The van der Waals surface area contributed by atoms with Gasteiger partial charge in [-0.25, -0.2) is 0 Å². The van der Waals surface area contributed by atoms with Crippen molar-refractivity contribution in [2.75, 3.05) is 12.8 Å². The average molecular weight is 430 g/mol. The molecule has 0 saturated carbocycles. The van der Waals surface area contributed by atoms with Crippen LogP contribution >= 0.6 is 38.5 Å². The van der Waals surface area contributed by atoms with Gasteiger partial charge < -0.3 is 5.32 Å². The lowest BCUT2D eigenvalue weighted by molar-refractivity contribution is 0.0953. The van der Waals surface area contributed by atoms with Crippen molar-refractivity contribution >= 4 is 55.2 Å². The van der Waals surface area contributed by atoms with Gasteiger partial charge in [0, 0.05) is 36.9 Å². The van der Waals surface area contributed by atoms with E-state index < -0.39 is 10.8 Å². The predicted molar refractivity (Wildman–Crippen MR) is 82.7 cm³/mol. The Labute approximate surface area is 125 Å². The number of hydrogen-bond donors (Lipinski definition) is 1. The Morgan fingerprint density at radius 3 is 2.82 bits per heavy atom. The second-order valence-electron chi connectivity index (χ2n) is 3.64. The van der Waals surface area contributed by atoms with Crippen LogP contribution in [-0.4, -0.2) is 28.2 Å². The minimum absolute atomic E-state index is 0.0412. The maximum Gasteiger partial charge on any atom is 0.252 e. The standard InChI is InChI=1S/C11H13BrINO2S/c1-7(17(2)16)6-14-11(15)9-5-8(13)3-4-10(9)12/h3-5,7H,6H2,1-2H3,(H,14,15). The summed E-state index contributed by atoms with van der Waals surface area (Å²) in [5.74, 6) is -0.146. The summed E-state index contributed by atoms with van der Waals surface area (Å²) in [6.07, 6.45) is 1.64. The van der Waals surface area contributed by atoms with Crippen LogP contribution in [0.15, 0.2) is 22.7 Å². The molecule has 0 bridgehead atoms. The Morgan fingerprint density at radius 2 is 2.24 bits per heavy atom. The molecule has 0 fully saturated rings. The van der Waals surface area contributed by atoms with Crippen molar-refractivity contribution in [3.8, 4) is 0 Å². The molecule has 2 atom stereocenters. The van der Waals surface area contributed by atoms with Crippen molar-refractivity contribution in [3.05, 3.63) is 31.8 Å². The first kappa shape index (κ1) is 15.1. The van der Waals surface area contributed by atoms with Crippen LogP contribution in [0, 0.1) is 3.57 Å². The molecular weight excluding hydrogens is 417 g/mol. The van der Waals surface area contributed by atoms with Gasteiger partial charge in [0.2, 0.25) is 0 Å². The lowest BCUT2D eigenvalue weighted by Crippen LogP contribution is -2.32. The second kappa shape index (κ2) is 6.84. The number of amides is 1. The summed E-state index contributed by atoms with van der Waals surface area (Å²) in [6.45, 7) is 2.26. The highest BCUT2D eigenvalue weighted by atomic mass is 127. The van der Waals surface area contributed by atoms with E-state index in [9.17, 15) is 9.00 Å². The van der Waals surface area contributed by atoms with E-state index in [0.29, 0.717) is 12.1 Å². The molecule has 0 radical (unpaired) electrons. The third-order valence-electron chi connectivity index (χ3n) is 2.29. The summed E-state index contributed by atoms with van der Waals surface area (Å²) in [6, 6.07) is 5.58. The average Bonchev–Trinajstić information content (AvgIpc) is 2.28. The molecule has 17 heavy (non-hydrogen) atoms. The zero-order chi connectivity index (χ0) is 13.0. The third kappa shape index (κ3) is 4.67. The summed E-state index contributed by atoms with van der Waals surface area (Å²) in [7, 11) is -0.921. The minimum atomic E-state index is -0.921. The molecule has 1 aromatic carbocycles. The van der Waals surface area contributed by atoms with Crippen LogP contribution in [0.25, 0.3) is 0 Å². The molecule has 1 aromatic rings. The fourth-order valence-electron chi connectivity index (χ4n) is 1.12. The molecule has 94 valence electrons. The largest absolute Gasteiger partial charge is 0.351 e. The topological polar surface area (TPSA) is 46.2 Å². The SMILES string of the molecule is CC(CNC(=O)c1cc(I)ccc1Br)S(C)=O. The maximum atomic E-state index is 11.9. The first-order valence-electron chi connectivity index (χ1n) is 4.97. The zero-order valence-electron chi connectivity index (χ0n) is 9.50. The normalized spacial score (nSPS) is 14.1. The van der Waals surface area contributed by atoms with Gasteiger partial charge in [0.05, 0.1) is 5.56 Å². The number of carbonyl (C=O) groups is 1. The highest BCUT2D eigenvalue weighted by Gasteiger charge is 2.12. The molecule has 0 spiro atoms. The highest BCUT2D eigenvalue weighted by Crippen LogP contribution is 2.19. The summed E-state index contributed by atoms with van der Waals surface area (Å²) in [5.41, 5.74) is 0.603. The number of benzene rings is 1. The molecular formula is C11H13BrINO2S. The molecule has 1 rings (SSSR count). The molecule has 3 nitrogen and oxygen atoms in total. The second-order valence-corrected chi connectivity index (χ2v) is 7.55. The van der Waals surface area contributed by atoms with E-state index in [0.717, 1.165) is 8.04 Å². The van der Waals surface area contributed by atoms with Crippen LogP contribution in [0.5, 0.6) is 0 Å². The van der Waals surface area contributed by atoms with Crippen molar-refractivity contribution in [1.82, 2.24) is 5.32 Å². The Morgan fingerprint density at radius 1 is 1.59 bits per heavy atom. The minimum Gasteiger partial charge on any atom is -0.351 e. The van der Waals surface area contributed by atoms with Crippen molar-refractivity contribution in [3.63, 3.8) is 0 Å². The van der Waals surface area contributed by atoms with Crippen LogP contribution < -0.4 is 5.32 Å². The quantitative estimate of drug-likeness (QED) is 0.747. The Balaban J connectivity index is 2.70. The van der Waals surface area contributed by atoms with Gasteiger partial charge in [0.25, 0.3) is 5.91 Å². The van der Waals surface area contributed by atoms with E-state index in [1.165, 1.54) is 0 Å². The Bertz CT molecular complexity index is 453. The monoisotopic (exact) mass is 429 g/mol. The lowest BCUT2D eigenvalue weighted by atomic mass is 10.2.